The van der Waals surface area contributed by atoms with Crippen molar-refractivity contribution in [1.29, 1.82) is 0 Å². The van der Waals surface area contributed by atoms with Crippen LogP contribution in [-0.2, 0) is 0 Å². The molecule has 2 aromatic heterocycles. The number of hydrogen-bond donors (Lipinski definition) is 2. The molecule has 0 unspecified atom stereocenters. The first kappa shape index (κ1) is 7.31. The van der Waals surface area contributed by atoms with Gasteiger partial charge in [-0.25, -0.2) is 4.98 Å². The average Bonchev–Trinajstić information content (AvgIpc) is 2.47. The van der Waals surface area contributed by atoms with Crippen molar-refractivity contribution < 1.29 is 5.11 Å². The molecule has 0 amide bonds. The topological polar surface area (TPSA) is 48.9 Å². The SMILES string of the molecule is C[C@H](O)c1c[nH]c2ncccc12. The zero-order valence-corrected chi connectivity index (χ0v) is 6.78. The van der Waals surface area contributed by atoms with Gasteiger partial charge in [-0.05, 0) is 19.1 Å². The number of H-pyrrole nitrogens is 1. The quantitative estimate of drug-likeness (QED) is 0.669. The molecule has 3 nitrogen and oxygen atoms in total. The lowest BCUT2D eigenvalue weighted by Gasteiger charge is -1.99. The summed E-state index contributed by atoms with van der Waals surface area (Å²) >= 11 is 0. The predicted octanol–water partition coefficient (Wildman–Crippen LogP) is 1.62. The van der Waals surface area contributed by atoms with Crippen molar-refractivity contribution in [3.63, 3.8) is 0 Å². The number of nitrogens with zero attached hydrogens (tertiary/aromatic N) is 1. The normalized spacial score (nSPS) is 13.5. The fourth-order valence-corrected chi connectivity index (χ4v) is 1.32. The Balaban J connectivity index is 2.70. The molecule has 12 heavy (non-hydrogen) atoms. The lowest BCUT2D eigenvalue weighted by Crippen LogP contribution is -1.87. The smallest absolute Gasteiger partial charge is 0.137 e. The van der Waals surface area contributed by atoms with E-state index in [0.29, 0.717) is 0 Å². The van der Waals surface area contributed by atoms with Gasteiger partial charge in [-0.3, -0.25) is 0 Å². The van der Waals surface area contributed by atoms with Crippen LogP contribution in [0.15, 0.2) is 24.5 Å². The van der Waals surface area contributed by atoms with Crippen molar-refractivity contribution >= 4 is 11.0 Å². The molecule has 3 heteroatoms. The highest BCUT2D eigenvalue weighted by Crippen LogP contribution is 2.21. The second-order valence-corrected chi connectivity index (χ2v) is 2.82. The Morgan fingerprint density at radius 1 is 1.58 bits per heavy atom. The van der Waals surface area contributed by atoms with E-state index >= 15 is 0 Å². The van der Waals surface area contributed by atoms with E-state index in [4.69, 9.17) is 0 Å². The molecule has 0 spiro atoms. The van der Waals surface area contributed by atoms with Crippen LogP contribution in [0.2, 0.25) is 0 Å². The molecule has 62 valence electrons. The minimum absolute atomic E-state index is 0.442. The first-order chi connectivity index (χ1) is 5.79. The summed E-state index contributed by atoms with van der Waals surface area (Å²) in [6.45, 7) is 1.75. The van der Waals surface area contributed by atoms with E-state index in [1.165, 1.54) is 0 Å². The molecule has 0 radical (unpaired) electrons. The number of pyridine rings is 1. The van der Waals surface area contributed by atoms with Crippen molar-refractivity contribution in [3.8, 4) is 0 Å². The Kier molecular flexibility index (Phi) is 1.59. The number of aliphatic hydroxyl groups excluding tert-OH is 1. The van der Waals surface area contributed by atoms with E-state index in [9.17, 15) is 5.11 Å². The molecule has 2 N–H and O–H groups in total. The number of aromatic nitrogens is 2. The molecule has 2 heterocycles. The summed E-state index contributed by atoms with van der Waals surface area (Å²) in [5, 5.41) is 10.4. The summed E-state index contributed by atoms with van der Waals surface area (Å²) in [4.78, 5) is 7.12. The lowest BCUT2D eigenvalue weighted by molar-refractivity contribution is 0.201. The van der Waals surface area contributed by atoms with E-state index in [1.807, 2.05) is 12.1 Å². The molecule has 1 atom stereocenters. The van der Waals surface area contributed by atoms with Gasteiger partial charge >= 0.3 is 0 Å². The molecule has 0 saturated carbocycles. The van der Waals surface area contributed by atoms with Crippen molar-refractivity contribution in [1.82, 2.24) is 9.97 Å². The maximum absolute atomic E-state index is 9.36. The van der Waals surface area contributed by atoms with Crippen LogP contribution in [-0.4, -0.2) is 15.1 Å². The average molecular weight is 162 g/mol. The maximum Gasteiger partial charge on any atom is 0.137 e. The van der Waals surface area contributed by atoms with Gasteiger partial charge in [0, 0.05) is 23.3 Å². The monoisotopic (exact) mass is 162 g/mol. The Bertz CT molecular complexity index is 392. The second-order valence-electron chi connectivity index (χ2n) is 2.82. The fourth-order valence-electron chi connectivity index (χ4n) is 1.32. The summed E-state index contributed by atoms with van der Waals surface area (Å²) in [5.74, 6) is 0. The Morgan fingerprint density at radius 3 is 3.17 bits per heavy atom. The predicted molar refractivity (Wildman–Crippen MR) is 46.7 cm³/mol. The number of fused-ring (bicyclic) bond motifs is 1. The van der Waals surface area contributed by atoms with Crippen LogP contribution in [0.1, 0.15) is 18.6 Å². The van der Waals surface area contributed by atoms with Crippen molar-refractivity contribution in [2.75, 3.05) is 0 Å². The number of aliphatic hydroxyl groups is 1. The molecule has 0 bridgehead atoms. The lowest BCUT2D eigenvalue weighted by atomic mass is 10.1. The minimum atomic E-state index is -0.442. The maximum atomic E-state index is 9.36. The van der Waals surface area contributed by atoms with E-state index in [0.717, 1.165) is 16.6 Å². The van der Waals surface area contributed by atoms with Gasteiger partial charge in [0.15, 0.2) is 0 Å². The highest BCUT2D eigenvalue weighted by atomic mass is 16.3. The minimum Gasteiger partial charge on any atom is -0.389 e. The van der Waals surface area contributed by atoms with Gasteiger partial charge in [0.25, 0.3) is 0 Å². The van der Waals surface area contributed by atoms with Crippen LogP contribution in [0, 0.1) is 0 Å². The second kappa shape index (κ2) is 2.60. The van der Waals surface area contributed by atoms with Gasteiger partial charge in [-0.2, -0.15) is 0 Å². The number of aromatic amines is 1. The third kappa shape index (κ3) is 0.987. The standard InChI is InChI=1S/C9H10N2O/c1-6(12)8-5-11-9-7(8)3-2-4-10-9/h2-6,12H,1H3,(H,10,11)/t6-/m0/s1. The summed E-state index contributed by atoms with van der Waals surface area (Å²) in [7, 11) is 0. The van der Waals surface area contributed by atoms with Gasteiger partial charge in [0.1, 0.15) is 5.65 Å². The molecule has 0 aromatic carbocycles. The van der Waals surface area contributed by atoms with Gasteiger partial charge < -0.3 is 10.1 Å². The van der Waals surface area contributed by atoms with Crippen LogP contribution in [0.25, 0.3) is 11.0 Å². The molecule has 0 aliphatic carbocycles. The van der Waals surface area contributed by atoms with E-state index in [1.54, 1.807) is 19.3 Å². The fraction of sp³-hybridized carbons (Fsp3) is 0.222. The van der Waals surface area contributed by atoms with Crippen molar-refractivity contribution in [2.24, 2.45) is 0 Å². The summed E-state index contributed by atoms with van der Waals surface area (Å²) in [5.41, 5.74) is 1.73. The van der Waals surface area contributed by atoms with Gasteiger partial charge in [0.05, 0.1) is 6.10 Å². The van der Waals surface area contributed by atoms with Crippen molar-refractivity contribution in [3.05, 3.63) is 30.1 Å². The molecule has 0 saturated heterocycles. The molecule has 2 aromatic rings. The third-order valence-corrected chi connectivity index (χ3v) is 1.93. The van der Waals surface area contributed by atoms with Crippen LogP contribution in [0.4, 0.5) is 0 Å². The van der Waals surface area contributed by atoms with Gasteiger partial charge in [0.2, 0.25) is 0 Å². The van der Waals surface area contributed by atoms with Crippen LogP contribution < -0.4 is 0 Å². The van der Waals surface area contributed by atoms with Crippen LogP contribution in [0.5, 0.6) is 0 Å². The van der Waals surface area contributed by atoms with E-state index < -0.39 is 6.10 Å². The molecular weight excluding hydrogens is 152 g/mol. The van der Waals surface area contributed by atoms with Crippen molar-refractivity contribution in [2.45, 2.75) is 13.0 Å². The molecule has 2 rings (SSSR count). The summed E-state index contributed by atoms with van der Waals surface area (Å²) < 4.78 is 0. The number of rotatable bonds is 1. The zero-order chi connectivity index (χ0) is 8.55. The Labute approximate surface area is 70.1 Å². The highest BCUT2D eigenvalue weighted by Gasteiger charge is 2.07. The highest BCUT2D eigenvalue weighted by molar-refractivity contribution is 5.79. The molecule has 0 aliphatic heterocycles. The summed E-state index contributed by atoms with van der Waals surface area (Å²) in [6.07, 6.45) is 3.08. The van der Waals surface area contributed by atoms with E-state index in [2.05, 4.69) is 9.97 Å². The van der Waals surface area contributed by atoms with Crippen LogP contribution in [0.3, 0.4) is 0 Å². The van der Waals surface area contributed by atoms with Crippen LogP contribution >= 0.6 is 0 Å². The Hall–Kier alpha value is -1.35. The number of nitrogens with one attached hydrogen (secondary N) is 1. The van der Waals surface area contributed by atoms with E-state index in [-0.39, 0.29) is 0 Å². The number of hydrogen-bond acceptors (Lipinski definition) is 2. The largest absolute Gasteiger partial charge is 0.389 e. The first-order valence-corrected chi connectivity index (χ1v) is 3.89. The molecular formula is C9H10N2O. The summed E-state index contributed by atoms with van der Waals surface area (Å²) in [6, 6.07) is 3.81. The molecule has 0 aliphatic rings. The molecule has 0 fully saturated rings. The zero-order valence-electron chi connectivity index (χ0n) is 6.78. The third-order valence-electron chi connectivity index (χ3n) is 1.93. The first-order valence-electron chi connectivity index (χ1n) is 3.89. The van der Waals surface area contributed by atoms with Gasteiger partial charge in [-0.15, -0.1) is 0 Å². The Morgan fingerprint density at radius 2 is 2.42 bits per heavy atom. The van der Waals surface area contributed by atoms with Gasteiger partial charge in [-0.1, -0.05) is 0 Å².